The van der Waals surface area contributed by atoms with Crippen molar-refractivity contribution in [2.75, 3.05) is 0 Å². The van der Waals surface area contributed by atoms with Crippen LogP contribution in [0.1, 0.15) is 57.0 Å². The van der Waals surface area contributed by atoms with Gasteiger partial charge in [0, 0.05) is 10.8 Å². The molecule has 4 rings (SSSR count). The zero-order valence-electron chi connectivity index (χ0n) is 13.6. The first-order valence-corrected chi connectivity index (χ1v) is 8.28. The van der Waals surface area contributed by atoms with E-state index in [-0.39, 0.29) is 17.5 Å². The van der Waals surface area contributed by atoms with Crippen LogP contribution in [0.3, 0.4) is 0 Å². The van der Waals surface area contributed by atoms with Crippen LogP contribution in [0.2, 0.25) is 0 Å². The fraction of sp³-hybridized carbons (Fsp3) is 0.526. The van der Waals surface area contributed by atoms with Crippen LogP contribution in [0.5, 0.6) is 0 Å². The van der Waals surface area contributed by atoms with Crippen LogP contribution in [0.15, 0.2) is 34.7 Å². The molecule has 1 aromatic carbocycles. The Balaban J connectivity index is 0.000000446. The van der Waals surface area contributed by atoms with Crippen molar-refractivity contribution in [2.24, 2.45) is 11.3 Å². The fourth-order valence-corrected chi connectivity index (χ4v) is 3.43. The summed E-state index contributed by atoms with van der Waals surface area (Å²) >= 11 is 0. The molecule has 0 N–H and O–H groups in total. The Bertz CT molecular complexity index is 639. The molecule has 1 aromatic heterocycles. The van der Waals surface area contributed by atoms with Crippen LogP contribution in [0, 0.1) is 11.3 Å². The van der Waals surface area contributed by atoms with E-state index in [2.05, 4.69) is 20.8 Å². The van der Waals surface area contributed by atoms with Gasteiger partial charge in [0.25, 0.3) is 0 Å². The predicted octanol–water partition coefficient (Wildman–Crippen LogP) is 5.19. The summed E-state index contributed by atoms with van der Waals surface area (Å²) in [6.07, 6.45) is 4.81. The number of esters is 1. The number of carbonyl (C=O) groups is 1. The summed E-state index contributed by atoms with van der Waals surface area (Å²) in [6, 6.07) is 9.38. The molecule has 2 saturated carbocycles. The molecule has 2 aliphatic rings. The van der Waals surface area contributed by atoms with Crippen molar-refractivity contribution >= 4 is 16.9 Å². The highest BCUT2D eigenvalue weighted by Gasteiger charge is 2.59. The number of hydrogen-bond acceptors (Lipinski definition) is 3. The molecule has 2 aliphatic carbocycles. The summed E-state index contributed by atoms with van der Waals surface area (Å²) in [6.45, 7) is 6.47. The highest BCUT2D eigenvalue weighted by Crippen LogP contribution is 2.61. The molecule has 0 aliphatic heterocycles. The zero-order valence-corrected chi connectivity index (χ0v) is 13.6. The van der Waals surface area contributed by atoms with E-state index in [0.717, 1.165) is 23.3 Å². The molecule has 2 fully saturated rings. The number of benzene rings is 1. The molecular weight excluding hydrogens is 276 g/mol. The third kappa shape index (κ3) is 2.43. The summed E-state index contributed by atoms with van der Waals surface area (Å²) in [7, 11) is 0. The lowest BCUT2D eigenvalue weighted by Crippen LogP contribution is -2.59. The van der Waals surface area contributed by atoms with E-state index >= 15 is 0 Å². The average Bonchev–Trinajstić information content (AvgIpc) is 2.94. The van der Waals surface area contributed by atoms with E-state index in [0.29, 0.717) is 5.76 Å². The summed E-state index contributed by atoms with van der Waals surface area (Å²) in [5.74, 6) is 0.751. The van der Waals surface area contributed by atoms with Crippen molar-refractivity contribution in [3.8, 4) is 0 Å². The Morgan fingerprint density at radius 1 is 1.36 bits per heavy atom. The van der Waals surface area contributed by atoms with E-state index in [9.17, 15) is 4.79 Å². The third-order valence-electron chi connectivity index (χ3n) is 5.07. The molecule has 3 unspecified atom stereocenters. The minimum atomic E-state index is -0.326. The molecule has 118 valence electrons. The fourth-order valence-electron chi connectivity index (χ4n) is 3.43. The summed E-state index contributed by atoms with van der Waals surface area (Å²) in [5.41, 5.74) is 0.970. The highest BCUT2D eigenvalue weighted by atomic mass is 16.6. The smallest absolute Gasteiger partial charge is 0.374 e. The maximum Gasteiger partial charge on any atom is 0.374 e. The van der Waals surface area contributed by atoms with Crippen molar-refractivity contribution in [1.82, 2.24) is 0 Å². The second-order valence-electron chi connectivity index (χ2n) is 6.73. The van der Waals surface area contributed by atoms with Gasteiger partial charge in [0.15, 0.2) is 0 Å². The number of rotatable bonds is 2. The molecule has 0 bridgehead atoms. The van der Waals surface area contributed by atoms with Gasteiger partial charge in [0.1, 0.15) is 11.7 Å². The monoisotopic (exact) mass is 300 g/mol. The van der Waals surface area contributed by atoms with E-state index in [4.69, 9.17) is 9.15 Å². The Morgan fingerprint density at radius 3 is 2.64 bits per heavy atom. The van der Waals surface area contributed by atoms with Gasteiger partial charge in [-0.25, -0.2) is 4.79 Å². The minimum absolute atomic E-state index is 0.0759. The van der Waals surface area contributed by atoms with Crippen LogP contribution in [-0.2, 0) is 4.74 Å². The van der Waals surface area contributed by atoms with E-state index in [1.165, 1.54) is 19.3 Å². The van der Waals surface area contributed by atoms with Gasteiger partial charge in [-0.2, -0.15) is 0 Å². The van der Waals surface area contributed by atoms with Gasteiger partial charge in [-0.1, -0.05) is 45.4 Å². The van der Waals surface area contributed by atoms with E-state index in [1.54, 1.807) is 6.07 Å². The lowest BCUT2D eigenvalue weighted by molar-refractivity contribution is -0.178. The van der Waals surface area contributed by atoms with Crippen molar-refractivity contribution in [3.05, 3.63) is 36.1 Å². The quantitative estimate of drug-likeness (QED) is 0.716. The summed E-state index contributed by atoms with van der Waals surface area (Å²) in [5, 5.41) is 0.941. The minimum Gasteiger partial charge on any atom is -0.456 e. The van der Waals surface area contributed by atoms with Gasteiger partial charge < -0.3 is 9.15 Å². The average molecular weight is 300 g/mol. The highest BCUT2D eigenvalue weighted by molar-refractivity contribution is 5.92. The maximum atomic E-state index is 12.1. The number of carbonyl (C=O) groups excluding carboxylic acids is 1. The first-order chi connectivity index (χ1) is 10.6. The molecule has 0 radical (unpaired) electrons. The van der Waals surface area contributed by atoms with Crippen molar-refractivity contribution in [2.45, 2.75) is 52.6 Å². The lowest BCUT2D eigenvalue weighted by Gasteiger charge is -2.61. The normalized spacial score (nSPS) is 28.7. The number of fused-ring (bicyclic) bond motifs is 2. The molecule has 0 amide bonds. The van der Waals surface area contributed by atoms with Gasteiger partial charge in [-0.05, 0) is 37.3 Å². The molecule has 3 atom stereocenters. The molecular formula is C19H24O3. The van der Waals surface area contributed by atoms with E-state index < -0.39 is 0 Å². The second kappa shape index (κ2) is 5.79. The molecule has 3 nitrogen and oxygen atoms in total. The lowest BCUT2D eigenvalue weighted by atomic mass is 9.47. The topological polar surface area (TPSA) is 39.4 Å². The number of para-hydroxylation sites is 1. The van der Waals surface area contributed by atoms with Gasteiger partial charge in [0.2, 0.25) is 5.76 Å². The van der Waals surface area contributed by atoms with Crippen molar-refractivity contribution in [1.29, 1.82) is 0 Å². The van der Waals surface area contributed by atoms with Crippen LogP contribution in [-0.4, -0.2) is 12.1 Å². The first kappa shape index (κ1) is 15.1. The molecule has 0 spiro atoms. The van der Waals surface area contributed by atoms with Crippen LogP contribution < -0.4 is 0 Å². The number of ether oxygens (including phenoxy) is 1. The first-order valence-electron chi connectivity index (χ1n) is 8.28. The molecule has 22 heavy (non-hydrogen) atoms. The van der Waals surface area contributed by atoms with Gasteiger partial charge in [-0.3, -0.25) is 0 Å². The van der Waals surface area contributed by atoms with Crippen LogP contribution in [0.4, 0.5) is 0 Å². The van der Waals surface area contributed by atoms with Crippen molar-refractivity contribution < 1.29 is 13.9 Å². The molecule has 2 aromatic rings. The maximum absolute atomic E-state index is 12.1. The SMILES string of the molecule is CC12CCC1CC2OC(=O)c1cc2ccccc2o1.CCC. The molecule has 0 saturated heterocycles. The Morgan fingerprint density at radius 2 is 2.09 bits per heavy atom. The largest absolute Gasteiger partial charge is 0.456 e. The van der Waals surface area contributed by atoms with Crippen LogP contribution in [0.25, 0.3) is 11.0 Å². The Hall–Kier alpha value is -1.77. The summed E-state index contributed by atoms with van der Waals surface area (Å²) in [4.78, 5) is 12.1. The molecule has 3 heteroatoms. The van der Waals surface area contributed by atoms with Crippen LogP contribution >= 0.6 is 0 Å². The second-order valence-corrected chi connectivity index (χ2v) is 6.73. The standard InChI is InChI=1S/C16H16O3.C3H8/c1-16-7-6-11(16)9-14(16)19-15(17)13-8-10-4-2-3-5-12(10)18-13;1-3-2/h2-5,8,11,14H,6-7,9H2,1H3;3H2,1-2H3. The third-order valence-corrected chi connectivity index (χ3v) is 5.07. The number of furan rings is 1. The van der Waals surface area contributed by atoms with E-state index in [1.807, 2.05) is 24.3 Å². The Labute approximate surface area is 131 Å². The zero-order chi connectivity index (χ0) is 15.7. The summed E-state index contributed by atoms with van der Waals surface area (Å²) < 4.78 is 11.1. The van der Waals surface area contributed by atoms with Gasteiger partial charge >= 0.3 is 5.97 Å². The van der Waals surface area contributed by atoms with Gasteiger partial charge in [0.05, 0.1) is 0 Å². The predicted molar refractivity (Wildman–Crippen MR) is 86.8 cm³/mol. The van der Waals surface area contributed by atoms with Gasteiger partial charge in [-0.15, -0.1) is 0 Å². The van der Waals surface area contributed by atoms with Crippen molar-refractivity contribution in [3.63, 3.8) is 0 Å². The molecule has 1 heterocycles. The Kier molecular flexibility index (Phi) is 3.98. The number of hydrogen-bond donors (Lipinski definition) is 0.